The summed E-state index contributed by atoms with van der Waals surface area (Å²) in [4.78, 5) is 17.3. The maximum atomic E-state index is 12.6. The van der Waals surface area contributed by atoms with Crippen LogP contribution in [0.1, 0.15) is 50.4 Å². The van der Waals surface area contributed by atoms with E-state index >= 15 is 0 Å². The van der Waals surface area contributed by atoms with E-state index in [0.29, 0.717) is 98.4 Å². The normalized spacial score (nSPS) is 11.3. The molecule has 1 heterocycles. The van der Waals surface area contributed by atoms with Crippen molar-refractivity contribution < 1.29 is 23.7 Å². The molecule has 0 saturated carbocycles. The molecule has 1 N–H and O–H groups in total. The molecular weight excluding hydrogens is 646 g/mol. The highest BCUT2D eigenvalue weighted by Gasteiger charge is 2.17. The minimum Gasteiger partial charge on any atom is -0.491 e. The minimum absolute atomic E-state index is 0.162. The van der Waals surface area contributed by atoms with Crippen molar-refractivity contribution in [1.29, 1.82) is 5.26 Å². The molecule has 0 bridgehead atoms. The van der Waals surface area contributed by atoms with E-state index in [2.05, 4.69) is 31.8 Å². The number of benzene rings is 3. The van der Waals surface area contributed by atoms with Crippen molar-refractivity contribution >= 4 is 28.7 Å². The summed E-state index contributed by atoms with van der Waals surface area (Å²) in [6.45, 7) is 8.63. The van der Waals surface area contributed by atoms with Gasteiger partial charge in [-0.1, -0.05) is 18.2 Å². The molecule has 0 saturated heterocycles. The Hall–Kier alpha value is -5.35. The average molecular weight is 692 g/mol. The number of azo groups is 2. The second kappa shape index (κ2) is 20.4. The molecule has 3 aromatic carbocycles. The SMILES string of the molecule is COCCc1nc(CCOC)c(N=Nc2cc(C)c(N=Nc3ccc(C(=O)NCCCOCCOc4ccccc4)cc3)cc2C)c(C)c1C#N. The number of nitrogens with zero attached hydrogens (tertiary/aromatic N) is 6. The number of rotatable bonds is 19. The summed E-state index contributed by atoms with van der Waals surface area (Å²) < 4.78 is 21.7. The second-order valence-electron chi connectivity index (χ2n) is 11.7. The van der Waals surface area contributed by atoms with Gasteiger partial charge in [0, 0.05) is 45.8 Å². The van der Waals surface area contributed by atoms with Crippen LogP contribution in [0.5, 0.6) is 5.75 Å². The monoisotopic (exact) mass is 691 g/mol. The lowest BCUT2D eigenvalue weighted by molar-refractivity contribution is 0.0905. The zero-order valence-electron chi connectivity index (χ0n) is 29.9. The molecule has 0 fully saturated rings. The number of nitriles is 1. The van der Waals surface area contributed by atoms with E-state index in [0.717, 1.165) is 28.1 Å². The Kier molecular flexibility index (Phi) is 15.3. The number of aromatic nitrogens is 1. The number of pyridine rings is 1. The molecule has 0 aliphatic heterocycles. The highest BCUT2D eigenvalue weighted by atomic mass is 16.5. The largest absolute Gasteiger partial charge is 0.491 e. The fourth-order valence-electron chi connectivity index (χ4n) is 5.07. The maximum Gasteiger partial charge on any atom is 0.251 e. The Morgan fingerprint density at radius 2 is 1.43 bits per heavy atom. The van der Waals surface area contributed by atoms with Crippen LogP contribution in [-0.2, 0) is 27.1 Å². The molecule has 0 atom stereocenters. The molecular formula is C39H45N7O5. The van der Waals surface area contributed by atoms with Gasteiger partial charge < -0.3 is 24.3 Å². The van der Waals surface area contributed by atoms with Gasteiger partial charge in [0.15, 0.2) is 0 Å². The van der Waals surface area contributed by atoms with E-state index in [9.17, 15) is 10.1 Å². The average Bonchev–Trinajstić information content (AvgIpc) is 3.14. The van der Waals surface area contributed by atoms with Crippen LogP contribution in [-0.4, -0.2) is 64.7 Å². The first kappa shape index (κ1) is 38.5. The quantitative estimate of drug-likeness (QED) is 0.0767. The van der Waals surface area contributed by atoms with Crippen molar-refractivity contribution in [3.05, 3.63) is 106 Å². The van der Waals surface area contributed by atoms with Gasteiger partial charge in [-0.15, -0.1) is 5.11 Å². The minimum atomic E-state index is -0.162. The smallest absolute Gasteiger partial charge is 0.251 e. The number of hydrogen-bond donors (Lipinski definition) is 1. The predicted molar refractivity (Wildman–Crippen MR) is 195 cm³/mol. The molecule has 51 heavy (non-hydrogen) atoms. The van der Waals surface area contributed by atoms with Gasteiger partial charge in [0.1, 0.15) is 24.1 Å². The topological polar surface area (TPSA) is 152 Å². The first-order valence-electron chi connectivity index (χ1n) is 16.8. The number of hydrogen-bond acceptors (Lipinski definition) is 11. The van der Waals surface area contributed by atoms with E-state index in [1.807, 2.05) is 63.2 Å². The Balaban J connectivity index is 1.32. The summed E-state index contributed by atoms with van der Waals surface area (Å²) in [5, 5.41) is 30.8. The lowest BCUT2D eigenvalue weighted by atomic mass is 10.0. The standard InChI is InChI=1S/C39H45N7O5/c1-27-25-37(45-46-38-29(3)33(26-40)34(16-20-48-4)42-35(38)17-21-49-5)28(2)24-36(27)44-43-31-14-12-30(13-15-31)39(47)41-18-9-19-50-22-23-51-32-10-7-6-8-11-32/h6-8,10-15,24-25H,9,16-23H2,1-5H3,(H,41,47). The van der Waals surface area contributed by atoms with Gasteiger partial charge >= 0.3 is 0 Å². The number of aryl methyl sites for hydroxylation is 2. The zero-order valence-corrected chi connectivity index (χ0v) is 29.9. The van der Waals surface area contributed by atoms with Crippen LogP contribution in [0.25, 0.3) is 0 Å². The van der Waals surface area contributed by atoms with Gasteiger partial charge in [-0.05, 0) is 92.4 Å². The molecule has 12 nitrogen and oxygen atoms in total. The second-order valence-corrected chi connectivity index (χ2v) is 11.7. The molecule has 0 aliphatic rings. The number of para-hydroxylation sites is 1. The first-order chi connectivity index (χ1) is 24.8. The van der Waals surface area contributed by atoms with Gasteiger partial charge in [0.25, 0.3) is 5.91 Å². The Morgan fingerprint density at radius 3 is 2.08 bits per heavy atom. The highest BCUT2D eigenvalue weighted by molar-refractivity contribution is 5.94. The lowest BCUT2D eigenvalue weighted by Crippen LogP contribution is -2.25. The fraction of sp³-hybridized carbons (Fsp3) is 0.359. The number of carbonyl (C=O) groups is 1. The maximum absolute atomic E-state index is 12.6. The van der Waals surface area contributed by atoms with Crippen LogP contribution in [0.4, 0.5) is 22.7 Å². The number of carbonyl (C=O) groups excluding carboxylic acids is 1. The van der Waals surface area contributed by atoms with Gasteiger partial charge in [-0.25, -0.2) is 0 Å². The summed E-state index contributed by atoms with van der Waals surface area (Å²) in [6, 6.07) is 22.6. The molecule has 0 aliphatic carbocycles. The van der Waals surface area contributed by atoms with Crippen molar-refractivity contribution in [3.8, 4) is 11.8 Å². The molecule has 1 aromatic heterocycles. The van der Waals surface area contributed by atoms with Crippen LogP contribution < -0.4 is 10.1 Å². The van der Waals surface area contributed by atoms with Crippen molar-refractivity contribution in [3.63, 3.8) is 0 Å². The summed E-state index contributed by atoms with van der Waals surface area (Å²) in [7, 11) is 3.26. The molecule has 12 heteroatoms. The predicted octanol–water partition coefficient (Wildman–Crippen LogP) is 8.30. The molecule has 266 valence electrons. The number of ether oxygens (including phenoxy) is 4. The van der Waals surface area contributed by atoms with Crippen LogP contribution in [0.15, 0.2) is 87.2 Å². The van der Waals surface area contributed by atoms with E-state index < -0.39 is 0 Å². The number of nitrogens with one attached hydrogen (secondary N) is 1. The number of amides is 1. The van der Waals surface area contributed by atoms with Crippen LogP contribution in [0.3, 0.4) is 0 Å². The van der Waals surface area contributed by atoms with Crippen molar-refractivity contribution in [2.24, 2.45) is 20.5 Å². The Bertz CT molecular complexity index is 1840. The van der Waals surface area contributed by atoms with Gasteiger partial charge in [-0.2, -0.15) is 20.6 Å². The van der Waals surface area contributed by atoms with Gasteiger partial charge in [0.2, 0.25) is 0 Å². The van der Waals surface area contributed by atoms with Crippen molar-refractivity contribution in [2.45, 2.75) is 40.0 Å². The fourth-order valence-corrected chi connectivity index (χ4v) is 5.07. The van der Waals surface area contributed by atoms with Gasteiger partial charge in [-0.3, -0.25) is 9.78 Å². The third kappa shape index (κ3) is 11.6. The molecule has 4 rings (SSSR count). The van der Waals surface area contributed by atoms with Crippen molar-refractivity contribution in [2.75, 3.05) is 53.8 Å². The first-order valence-corrected chi connectivity index (χ1v) is 16.8. The lowest BCUT2D eigenvalue weighted by Gasteiger charge is -2.13. The van der Waals surface area contributed by atoms with Gasteiger partial charge in [0.05, 0.1) is 53.8 Å². The Morgan fingerprint density at radius 1 is 0.784 bits per heavy atom. The van der Waals surface area contributed by atoms with E-state index in [-0.39, 0.29) is 5.91 Å². The van der Waals surface area contributed by atoms with E-state index in [4.69, 9.17) is 23.9 Å². The summed E-state index contributed by atoms with van der Waals surface area (Å²) in [6.07, 6.45) is 1.75. The third-order valence-corrected chi connectivity index (χ3v) is 7.93. The highest BCUT2D eigenvalue weighted by Crippen LogP contribution is 2.34. The van der Waals surface area contributed by atoms with E-state index in [1.54, 1.807) is 38.5 Å². The molecule has 0 spiro atoms. The summed E-state index contributed by atoms with van der Waals surface area (Å²) in [5.41, 5.74) is 7.42. The summed E-state index contributed by atoms with van der Waals surface area (Å²) >= 11 is 0. The summed E-state index contributed by atoms with van der Waals surface area (Å²) in [5.74, 6) is 0.653. The zero-order chi connectivity index (χ0) is 36.4. The van der Waals surface area contributed by atoms with Crippen LogP contribution >= 0.6 is 0 Å². The molecule has 0 unspecified atom stereocenters. The number of methoxy groups -OCH3 is 2. The molecule has 1 amide bonds. The van der Waals surface area contributed by atoms with Crippen molar-refractivity contribution in [1.82, 2.24) is 10.3 Å². The third-order valence-electron chi connectivity index (χ3n) is 7.93. The van der Waals surface area contributed by atoms with Crippen LogP contribution in [0.2, 0.25) is 0 Å². The molecule has 4 aromatic rings. The Labute approximate surface area is 299 Å². The molecule has 0 radical (unpaired) electrons. The van der Waals surface area contributed by atoms with E-state index in [1.165, 1.54) is 0 Å². The van der Waals surface area contributed by atoms with Crippen LogP contribution in [0, 0.1) is 32.1 Å².